The van der Waals surface area contributed by atoms with Crippen molar-refractivity contribution in [3.05, 3.63) is 12.3 Å². The summed E-state index contributed by atoms with van der Waals surface area (Å²) in [5.74, 6) is 1.75. The second-order valence-corrected chi connectivity index (χ2v) is 5.74. The molecule has 2 fully saturated rings. The number of hydrogen-bond acceptors (Lipinski definition) is 6. The first kappa shape index (κ1) is 17.7. The van der Waals surface area contributed by atoms with Gasteiger partial charge < -0.3 is 19.9 Å². The molecule has 1 aromatic heterocycles. The summed E-state index contributed by atoms with van der Waals surface area (Å²) in [5, 5.41) is 3.30. The van der Waals surface area contributed by atoms with Crippen molar-refractivity contribution in [2.24, 2.45) is 5.92 Å². The number of halogens is 1. The van der Waals surface area contributed by atoms with Gasteiger partial charge >= 0.3 is 0 Å². The Morgan fingerprint density at radius 1 is 1.26 bits per heavy atom. The minimum atomic E-state index is 0. The van der Waals surface area contributed by atoms with E-state index >= 15 is 0 Å². The lowest BCUT2D eigenvalue weighted by molar-refractivity contribution is -0.136. The Labute approximate surface area is 142 Å². The molecule has 0 unspecified atom stereocenters. The highest BCUT2D eigenvalue weighted by Crippen LogP contribution is 2.18. The van der Waals surface area contributed by atoms with Crippen molar-refractivity contribution >= 4 is 24.3 Å². The lowest BCUT2D eigenvalue weighted by atomic mass is 9.96. The fourth-order valence-corrected chi connectivity index (χ4v) is 3.05. The number of piperidine rings is 1. The number of aromatic nitrogens is 2. The number of carbonyl (C=O) groups is 1. The number of piperazine rings is 1. The fraction of sp³-hybridized carbons (Fsp3) is 0.667. The van der Waals surface area contributed by atoms with Crippen LogP contribution in [0.1, 0.15) is 12.8 Å². The Morgan fingerprint density at radius 3 is 2.61 bits per heavy atom. The van der Waals surface area contributed by atoms with Crippen molar-refractivity contribution in [2.75, 3.05) is 51.3 Å². The van der Waals surface area contributed by atoms with Gasteiger partial charge in [0.15, 0.2) is 0 Å². The van der Waals surface area contributed by atoms with Crippen LogP contribution >= 0.6 is 12.4 Å². The molecule has 2 aliphatic heterocycles. The van der Waals surface area contributed by atoms with Crippen molar-refractivity contribution in [3.8, 4) is 5.88 Å². The van der Waals surface area contributed by atoms with E-state index in [0.717, 1.165) is 52.1 Å². The van der Waals surface area contributed by atoms with Crippen LogP contribution in [0.25, 0.3) is 0 Å². The predicted molar refractivity (Wildman–Crippen MR) is 90.2 cm³/mol. The number of ether oxygens (including phenoxy) is 1. The highest BCUT2D eigenvalue weighted by Gasteiger charge is 2.29. The zero-order valence-electron chi connectivity index (χ0n) is 13.4. The zero-order valence-corrected chi connectivity index (χ0v) is 14.2. The Morgan fingerprint density at radius 2 is 1.96 bits per heavy atom. The molecule has 2 saturated heterocycles. The molecule has 0 bridgehead atoms. The van der Waals surface area contributed by atoms with Gasteiger partial charge in [-0.2, -0.15) is 4.98 Å². The van der Waals surface area contributed by atoms with E-state index in [1.807, 2.05) is 4.90 Å². The van der Waals surface area contributed by atoms with E-state index in [9.17, 15) is 4.79 Å². The van der Waals surface area contributed by atoms with Gasteiger partial charge in [-0.1, -0.05) is 0 Å². The lowest BCUT2D eigenvalue weighted by Crippen LogP contribution is -2.51. The van der Waals surface area contributed by atoms with E-state index < -0.39 is 0 Å². The number of amides is 1. The van der Waals surface area contributed by atoms with E-state index in [-0.39, 0.29) is 18.3 Å². The summed E-state index contributed by atoms with van der Waals surface area (Å²) in [6.07, 6.45) is 3.61. The van der Waals surface area contributed by atoms with E-state index in [1.54, 1.807) is 19.4 Å². The third-order valence-electron chi connectivity index (χ3n) is 4.39. The largest absolute Gasteiger partial charge is 0.481 e. The number of nitrogens with one attached hydrogen (secondary N) is 1. The summed E-state index contributed by atoms with van der Waals surface area (Å²) in [5.41, 5.74) is 0. The highest BCUT2D eigenvalue weighted by atomic mass is 35.5. The maximum Gasteiger partial charge on any atom is 0.228 e. The Kier molecular flexibility index (Phi) is 6.41. The Balaban J connectivity index is 0.00000192. The smallest absolute Gasteiger partial charge is 0.228 e. The SMILES string of the molecule is COc1ccnc(N2CCN(C(=O)C3CCNCC3)CC2)n1.Cl. The first-order chi connectivity index (χ1) is 10.8. The molecule has 0 saturated carbocycles. The summed E-state index contributed by atoms with van der Waals surface area (Å²) in [6, 6.07) is 1.74. The second kappa shape index (κ2) is 8.31. The van der Waals surface area contributed by atoms with Crippen molar-refractivity contribution in [2.45, 2.75) is 12.8 Å². The molecule has 3 rings (SSSR count). The van der Waals surface area contributed by atoms with E-state index in [4.69, 9.17) is 4.74 Å². The normalized spacial score (nSPS) is 19.2. The molecule has 7 nitrogen and oxygen atoms in total. The second-order valence-electron chi connectivity index (χ2n) is 5.74. The third kappa shape index (κ3) is 4.23. The van der Waals surface area contributed by atoms with Gasteiger partial charge in [-0.05, 0) is 25.9 Å². The molecule has 3 heterocycles. The average molecular weight is 342 g/mol. The Hall–Kier alpha value is -1.60. The quantitative estimate of drug-likeness (QED) is 0.866. The molecule has 128 valence electrons. The van der Waals surface area contributed by atoms with Gasteiger partial charge in [0.1, 0.15) is 0 Å². The summed E-state index contributed by atoms with van der Waals surface area (Å²) < 4.78 is 5.14. The fourth-order valence-electron chi connectivity index (χ4n) is 3.05. The summed E-state index contributed by atoms with van der Waals surface area (Å²) >= 11 is 0. The van der Waals surface area contributed by atoms with Gasteiger partial charge in [0.25, 0.3) is 0 Å². The monoisotopic (exact) mass is 341 g/mol. The molecule has 2 aliphatic rings. The van der Waals surface area contributed by atoms with Crippen LogP contribution in [-0.2, 0) is 4.79 Å². The van der Waals surface area contributed by atoms with Crippen molar-refractivity contribution in [3.63, 3.8) is 0 Å². The van der Waals surface area contributed by atoms with Crippen LogP contribution < -0.4 is 15.0 Å². The maximum absolute atomic E-state index is 12.5. The Bertz CT molecular complexity index is 516. The molecule has 1 N–H and O–H groups in total. The standard InChI is InChI=1S/C15H23N5O2.ClH/c1-22-13-4-7-17-15(18-13)20-10-8-19(9-11-20)14(21)12-2-5-16-6-3-12;/h4,7,12,16H,2-3,5-6,8-11H2,1H3;1H. The van der Waals surface area contributed by atoms with Crippen LogP contribution in [-0.4, -0.2) is 67.2 Å². The van der Waals surface area contributed by atoms with Crippen LogP contribution in [0.4, 0.5) is 5.95 Å². The van der Waals surface area contributed by atoms with Crippen LogP contribution in [0, 0.1) is 5.92 Å². The summed E-state index contributed by atoms with van der Waals surface area (Å²) in [4.78, 5) is 25.3. The van der Waals surface area contributed by atoms with Gasteiger partial charge in [-0.3, -0.25) is 4.79 Å². The molecule has 0 aromatic carbocycles. The van der Waals surface area contributed by atoms with Crippen LogP contribution in [0.15, 0.2) is 12.3 Å². The van der Waals surface area contributed by atoms with Gasteiger partial charge in [0.05, 0.1) is 7.11 Å². The number of anilines is 1. The number of hydrogen-bond donors (Lipinski definition) is 1. The van der Waals surface area contributed by atoms with Crippen LogP contribution in [0.5, 0.6) is 5.88 Å². The van der Waals surface area contributed by atoms with Crippen molar-refractivity contribution in [1.29, 1.82) is 0 Å². The molecule has 23 heavy (non-hydrogen) atoms. The summed E-state index contributed by atoms with van der Waals surface area (Å²) in [6.45, 7) is 4.92. The van der Waals surface area contributed by atoms with Crippen LogP contribution in [0.3, 0.4) is 0 Å². The first-order valence-corrected chi connectivity index (χ1v) is 7.89. The minimum Gasteiger partial charge on any atom is -0.481 e. The topological polar surface area (TPSA) is 70.6 Å². The van der Waals surface area contributed by atoms with Gasteiger partial charge in [0.2, 0.25) is 17.7 Å². The summed E-state index contributed by atoms with van der Waals surface area (Å²) in [7, 11) is 1.60. The molecular formula is C15H24ClN5O2. The van der Waals surface area contributed by atoms with Crippen molar-refractivity contribution < 1.29 is 9.53 Å². The molecule has 1 aromatic rings. The van der Waals surface area contributed by atoms with Crippen molar-refractivity contribution in [1.82, 2.24) is 20.2 Å². The van der Waals surface area contributed by atoms with E-state index in [1.165, 1.54) is 0 Å². The average Bonchev–Trinajstić information content (AvgIpc) is 2.62. The zero-order chi connectivity index (χ0) is 15.4. The van der Waals surface area contributed by atoms with E-state index in [0.29, 0.717) is 17.7 Å². The molecule has 0 aliphatic carbocycles. The predicted octanol–water partition coefficient (Wildman–Crippen LogP) is 0.555. The number of nitrogens with zero attached hydrogens (tertiary/aromatic N) is 4. The lowest BCUT2D eigenvalue weighted by Gasteiger charge is -2.37. The molecular weight excluding hydrogens is 318 g/mol. The maximum atomic E-state index is 12.5. The number of methoxy groups -OCH3 is 1. The molecule has 0 spiro atoms. The van der Waals surface area contributed by atoms with Crippen LogP contribution in [0.2, 0.25) is 0 Å². The number of carbonyl (C=O) groups excluding carboxylic acids is 1. The third-order valence-corrected chi connectivity index (χ3v) is 4.39. The number of rotatable bonds is 3. The van der Waals surface area contributed by atoms with E-state index in [2.05, 4.69) is 20.2 Å². The first-order valence-electron chi connectivity index (χ1n) is 7.89. The molecule has 8 heteroatoms. The molecule has 0 atom stereocenters. The van der Waals surface area contributed by atoms with Gasteiger partial charge in [-0.15, -0.1) is 12.4 Å². The minimum absolute atomic E-state index is 0. The van der Waals surface area contributed by atoms with Gasteiger partial charge in [0, 0.05) is 44.4 Å². The molecule has 1 amide bonds. The highest BCUT2D eigenvalue weighted by molar-refractivity contribution is 5.85. The molecule has 0 radical (unpaired) electrons. The van der Waals surface area contributed by atoms with Gasteiger partial charge in [-0.25, -0.2) is 4.98 Å².